The largest absolute Gasteiger partial charge is 0.508 e. The highest BCUT2D eigenvalue weighted by Gasteiger charge is 2.19. The number of thiophene rings is 1. The Morgan fingerprint density at radius 1 is 1.15 bits per heavy atom. The fourth-order valence-corrected chi connectivity index (χ4v) is 4.40. The molecule has 1 amide bonds. The number of carbonyl (C=O) groups excluding carboxylic acids is 1. The molecular formula is C20H20N2O4S. The zero-order valence-electron chi connectivity index (χ0n) is 14.9. The SMILES string of the molecule is CC(=O)N=c1c(O)c(-c2ccc(N3CCCCC3)s2)oc2cc(O)ccc12. The second-order valence-electron chi connectivity index (χ2n) is 6.63. The molecule has 6 nitrogen and oxygen atoms in total. The molecule has 0 bridgehead atoms. The van der Waals surface area contributed by atoms with Crippen molar-refractivity contribution < 1.29 is 19.4 Å². The van der Waals surface area contributed by atoms with E-state index in [9.17, 15) is 15.0 Å². The molecule has 0 saturated carbocycles. The molecule has 0 radical (unpaired) electrons. The van der Waals surface area contributed by atoms with Gasteiger partial charge in [0.1, 0.15) is 16.7 Å². The van der Waals surface area contributed by atoms with Crippen LogP contribution in [0.1, 0.15) is 26.2 Å². The molecule has 1 aliphatic heterocycles. The Balaban J connectivity index is 1.88. The third kappa shape index (κ3) is 3.42. The third-order valence-corrected chi connectivity index (χ3v) is 5.77. The van der Waals surface area contributed by atoms with Gasteiger partial charge in [-0.2, -0.15) is 0 Å². The van der Waals surface area contributed by atoms with Gasteiger partial charge in [-0.05, 0) is 43.5 Å². The van der Waals surface area contributed by atoms with Gasteiger partial charge in [-0.15, -0.1) is 11.3 Å². The van der Waals surface area contributed by atoms with Crippen molar-refractivity contribution in [2.45, 2.75) is 26.2 Å². The molecule has 1 aliphatic rings. The fourth-order valence-electron chi connectivity index (χ4n) is 3.36. The highest BCUT2D eigenvalue weighted by atomic mass is 32.1. The first-order chi connectivity index (χ1) is 13.0. The number of fused-ring (bicyclic) bond motifs is 1. The second-order valence-corrected chi connectivity index (χ2v) is 7.69. The van der Waals surface area contributed by atoms with Gasteiger partial charge in [-0.3, -0.25) is 4.79 Å². The molecule has 140 valence electrons. The van der Waals surface area contributed by atoms with Crippen molar-refractivity contribution in [3.05, 3.63) is 35.7 Å². The van der Waals surface area contributed by atoms with Gasteiger partial charge in [0, 0.05) is 31.5 Å². The van der Waals surface area contributed by atoms with Crippen LogP contribution in [0, 0.1) is 0 Å². The molecule has 2 N–H and O–H groups in total. The number of aromatic hydroxyl groups is 2. The van der Waals surface area contributed by atoms with Crippen LogP contribution < -0.4 is 10.3 Å². The molecule has 27 heavy (non-hydrogen) atoms. The van der Waals surface area contributed by atoms with Crippen molar-refractivity contribution in [3.63, 3.8) is 0 Å². The number of hydrogen-bond donors (Lipinski definition) is 2. The van der Waals surface area contributed by atoms with Crippen LogP contribution in [-0.2, 0) is 4.79 Å². The molecule has 1 fully saturated rings. The zero-order chi connectivity index (χ0) is 19.0. The molecule has 7 heteroatoms. The summed E-state index contributed by atoms with van der Waals surface area (Å²) in [7, 11) is 0. The van der Waals surface area contributed by atoms with Crippen LogP contribution in [0.4, 0.5) is 5.00 Å². The van der Waals surface area contributed by atoms with Crippen LogP contribution in [0.5, 0.6) is 11.5 Å². The standard InChI is InChI=1S/C20H20N2O4S/c1-12(23)21-18-14-6-5-13(24)11-15(14)26-20(19(18)25)16-7-8-17(27-16)22-9-3-2-4-10-22/h5-8,11,24-25H,2-4,9-10H2,1H3. The maximum Gasteiger partial charge on any atom is 0.243 e. The average molecular weight is 384 g/mol. The summed E-state index contributed by atoms with van der Waals surface area (Å²) in [6.45, 7) is 3.38. The van der Waals surface area contributed by atoms with E-state index in [1.165, 1.54) is 49.7 Å². The van der Waals surface area contributed by atoms with Gasteiger partial charge in [-0.1, -0.05) is 0 Å². The molecule has 3 heterocycles. The topological polar surface area (TPSA) is 86.3 Å². The predicted octanol–water partition coefficient (Wildman–Crippen LogP) is 4.01. The maximum atomic E-state index is 11.6. The number of amides is 1. The molecule has 2 aromatic heterocycles. The predicted molar refractivity (Wildman–Crippen MR) is 105 cm³/mol. The van der Waals surface area contributed by atoms with E-state index < -0.39 is 5.91 Å². The van der Waals surface area contributed by atoms with E-state index in [0.29, 0.717) is 11.0 Å². The molecule has 4 rings (SSSR count). The summed E-state index contributed by atoms with van der Waals surface area (Å²) in [6.07, 6.45) is 3.62. The van der Waals surface area contributed by atoms with Gasteiger partial charge >= 0.3 is 0 Å². The Labute approximate surface area is 160 Å². The molecule has 1 aromatic carbocycles. The minimum atomic E-state index is -0.419. The van der Waals surface area contributed by atoms with Crippen molar-refractivity contribution in [1.29, 1.82) is 0 Å². The monoisotopic (exact) mass is 384 g/mol. The number of phenolic OH excluding ortho intramolecular Hbond substituents is 1. The number of phenols is 1. The lowest BCUT2D eigenvalue weighted by Gasteiger charge is -2.27. The number of nitrogens with zero attached hydrogens (tertiary/aromatic N) is 2. The Bertz CT molecular complexity index is 1080. The van der Waals surface area contributed by atoms with E-state index in [2.05, 4.69) is 9.89 Å². The number of hydrogen-bond acceptors (Lipinski definition) is 6. The fraction of sp³-hybridized carbons (Fsp3) is 0.300. The number of benzene rings is 1. The molecule has 0 spiro atoms. The normalized spacial score (nSPS) is 15.4. The van der Waals surface area contributed by atoms with Gasteiger partial charge in [0.2, 0.25) is 5.91 Å². The first-order valence-corrected chi connectivity index (χ1v) is 9.74. The van der Waals surface area contributed by atoms with Crippen molar-refractivity contribution in [2.24, 2.45) is 4.99 Å². The number of piperidine rings is 1. The van der Waals surface area contributed by atoms with E-state index in [4.69, 9.17) is 4.42 Å². The van der Waals surface area contributed by atoms with Gasteiger partial charge in [0.25, 0.3) is 0 Å². The molecule has 3 aromatic rings. The lowest BCUT2D eigenvalue weighted by atomic mass is 10.1. The lowest BCUT2D eigenvalue weighted by molar-refractivity contribution is -0.116. The summed E-state index contributed by atoms with van der Waals surface area (Å²) >= 11 is 1.53. The highest BCUT2D eigenvalue weighted by molar-refractivity contribution is 7.19. The van der Waals surface area contributed by atoms with E-state index in [-0.39, 0.29) is 22.6 Å². The number of carbonyl (C=O) groups is 1. The van der Waals surface area contributed by atoms with Crippen LogP contribution >= 0.6 is 11.3 Å². The Morgan fingerprint density at radius 2 is 1.93 bits per heavy atom. The second kappa shape index (κ2) is 7.08. The summed E-state index contributed by atoms with van der Waals surface area (Å²) in [5.41, 5.74) is 0.357. The summed E-state index contributed by atoms with van der Waals surface area (Å²) in [5.74, 6) is -0.300. The van der Waals surface area contributed by atoms with E-state index in [0.717, 1.165) is 23.0 Å². The van der Waals surface area contributed by atoms with E-state index in [1.54, 1.807) is 6.07 Å². The average Bonchev–Trinajstić information content (AvgIpc) is 3.14. The summed E-state index contributed by atoms with van der Waals surface area (Å²) < 4.78 is 5.89. The lowest BCUT2D eigenvalue weighted by Crippen LogP contribution is -2.28. The van der Waals surface area contributed by atoms with Gasteiger partial charge in [0.05, 0.1) is 9.88 Å². The summed E-state index contributed by atoms with van der Waals surface area (Å²) in [6, 6.07) is 8.42. The first kappa shape index (κ1) is 17.6. The van der Waals surface area contributed by atoms with Crippen LogP contribution in [0.3, 0.4) is 0 Å². The molecule has 1 saturated heterocycles. The van der Waals surface area contributed by atoms with Crippen molar-refractivity contribution >= 4 is 33.2 Å². The third-order valence-electron chi connectivity index (χ3n) is 4.62. The van der Waals surface area contributed by atoms with Crippen molar-refractivity contribution in [3.8, 4) is 22.1 Å². The Kier molecular flexibility index (Phi) is 4.61. The van der Waals surface area contributed by atoms with Crippen LogP contribution in [0.25, 0.3) is 21.6 Å². The van der Waals surface area contributed by atoms with Crippen LogP contribution in [0.2, 0.25) is 0 Å². The zero-order valence-corrected chi connectivity index (χ0v) is 15.8. The Hall–Kier alpha value is -2.80. The van der Waals surface area contributed by atoms with Crippen molar-refractivity contribution in [2.75, 3.05) is 18.0 Å². The van der Waals surface area contributed by atoms with Crippen LogP contribution in [-0.4, -0.2) is 29.2 Å². The first-order valence-electron chi connectivity index (χ1n) is 8.92. The van der Waals surface area contributed by atoms with Gasteiger partial charge in [-0.25, -0.2) is 4.99 Å². The van der Waals surface area contributed by atoms with Crippen molar-refractivity contribution in [1.82, 2.24) is 0 Å². The van der Waals surface area contributed by atoms with Gasteiger partial charge in [0.15, 0.2) is 11.5 Å². The smallest absolute Gasteiger partial charge is 0.243 e. The molecule has 0 unspecified atom stereocenters. The maximum absolute atomic E-state index is 11.6. The molecule has 0 atom stereocenters. The summed E-state index contributed by atoms with van der Waals surface area (Å²) in [5, 5.41) is 22.3. The molecule has 0 aliphatic carbocycles. The molecular weight excluding hydrogens is 364 g/mol. The minimum absolute atomic E-state index is 0.0388. The van der Waals surface area contributed by atoms with E-state index >= 15 is 0 Å². The van der Waals surface area contributed by atoms with Gasteiger partial charge < -0.3 is 19.5 Å². The number of rotatable bonds is 2. The summed E-state index contributed by atoms with van der Waals surface area (Å²) in [4.78, 5) is 18.6. The Morgan fingerprint density at radius 3 is 2.67 bits per heavy atom. The van der Waals surface area contributed by atoms with E-state index in [1.807, 2.05) is 12.1 Å². The quantitative estimate of drug-likeness (QED) is 0.697. The minimum Gasteiger partial charge on any atom is -0.508 e. The van der Waals surface area contributed by atoms with Crippen LogP contribution in [0.15, 0.2) is 39.7 Å². The highest BCUT2D eigenvalue weighted by Crippen LogP contribution is 2.39. The number of anilines is 1.